The highest BCUT2D eigenvalue weighted by molar-refractivity contribution is 9.11. The highest BCUT2D eigenvalue weighted by Crippen LogP contribution is 2.49. The number of carbonyl (C=O) groups excluding carboxylic acids is 1. The number of rotatable bonds is 2. The molecule has 14 heavy (non-hydrogen) atoms. The van der Waals surface area contributed by atoms with Crippen LogP contribution >= 0.6 is 54.5 Å². The number of aldehydes is 1. The van der Waals surface area contributed by atoms with Gasteiger partial charge in [-0.25, -0.2) is 0 Å². The van der Waals surface area contributed by atoms with Crippen molar-refractivity contribution in [2.24, 2.45) is 0 Å². The van der Waals surface area contributed by atoms with Gasteiger partial charge in [-0.1, -0.05) is 11.3 Å². The van der Waals surface area contributed by atoms with E-state index in [4.69, 9.17) is 4.74 Å². The molecule has 0 saturated heterocycles. The van der Waals surface area contributed by atoms with Gasteiger partial charge in [0.1, 0.15) is 0 Å². The molecule has 6 heteroatoms. The number of fused-ring (bicyclic) bond motifs is 1. The van der Waals surface area contributed by atoms with Crippen molar-refractivity contribution >= 4 is 70.2 Å². The van der Waals surface area contributed by atoms with E-state index in [1.165, 1.54) is 22.7 Å². The van der Waals surface area contributed by atoms with Crippen molar-refractivity contribution in [2.45, 2.75) is 0 Å². The summed E-state index contributed by atoms with van der Waals surface area (Å²) in [6.45, 7) is 0. The van der Waals surface area contributed by atoms with Gasteiger partial charge in [0.05, 0.1) is 30.3 Å². The smallest absolute Gasteiger partial charge is 0.190 e. The summed E-state index contributed by atoms with van der Waals surface area (Å²) in [7, 11) is 1.63. The van der Waals surface area contributed by atoms with Crippen LogP contribution < -0.4 is 4.74 Å². The van der Waals surface area contributed by atoms with Gasteiger partial charge in [0.2, 0.25) is 0 Å². The molecule has 74 valence electrons. The second kappa shape index (κ2) is 3.92. The molecule has 0 radical (unpaired) electrons. The van der Waals surface area contributed by atoms with Crippen LogP contribution in [0.5, 0.6) is 5.06 Å². The molecule has 2 nitrogen and oxygen atoms in total. The zero-order valence-electron chi connectivity index (χ0n) is 6.97. The SMILES string of the molecule is COc1sc2c(Br)c(C=O)sc2c1Br. The number of ether oxygens (including phenoxy) is 1. The quantitative estimate of drug-likeness (QED) is 0.750. The van der Waals surface area contributed by atoms with Gasteiger partial charge in [0.15, 0.2) is 11.3 Å². The minimum Gasteiger partial charge on any atom is -0.486 e. The van der Waals surface area contributed by atoms with E-state index in [0.29, 0.717) is 0 Å². The highest BCUT2D eigenvalue weighted by Gasteiger charge is 2.18. The third kappa shape index (κ3) is 1.44. The van der Waals surface area contributed by atoms with E-state index in [9.17, 15) is 4.79 Å². The fourth-order valence-corrected chi connectivity index (χ4v) is 5.04. The Hall–Kier alpha value is 0.0900. The Balaban J connectivity index is 2.78. The first-order chi connectivity index (χ1) is 6.69. The number of methoxy groups -OCH3 is 1. The molecular weight excluding hydrogens is 352 g/mol. The van der Waals surface area contributed by atoms with Gasteiger partial charge in [-0.2, -0.15) is 0 Å². The Labute approximate surface area is 105 Å². The number of halogens is 2. The summed E-state index contributed by atoms with van der Waals surface area (Å²) in [6, 6.07) is 0. The van der Waals surface area contributed by atoms with E-state index in [-0.39, 0.29) is 0 Å². The normalized spacial score (nSPS) is 10.8. The predicted octanol–water partition coefficient (Wildman–Crippen LogP) is 4.31. The molecule has 0 N–H and O–H groups in total. The molecule has 0 fully saturated rings. The van der Waals surface area contributed by atoms with Crippen LogP contribution in [0.2, 0.25) is 0 Å². The Kier molecular flexibility index (Phi) is 2.97. The van der Waals surface area contributed by atoms with E-state index < -0.39 is 0 Å². The molecule has 2 aromatic rings. The Morgan fingerprint density at radius 3 is 2.36 bits per heavy atom. The third-order valence-electron chi connectivity index (χ3n) is 1.70. The Morgan fingerprint density at radius 2 is 1.86 bits per heavy atom. The molecule has 0 saturated carbocycles. The molecule has 2 heterocycles. The summed E-state index contributed by atoms with van der Waals surface area (Å²) in [5, 5.41) is 0.837. The van der Waals surface area contributed by atoms with Crippen LogP contribution in [0.3, 0.4) is 0 Å². The Bertz CT molecular complexity index is 501. The lowest BCUT2D eigenvalue weighted by Crippen LogP contribution is -1.76. The number of carbonyl (C=O) groups is 1. The van der Waals surface area contributed by atoms with Crippen molar-refractivity contribution in [3.8, 4) is 5.06 Å². The molecule has 0 aliphatic rings. The van der Waals surface area contributed by atoms with E-state index >= 15 is 0 Å². The molecule has 2 aromatic heterocycles. The molecule has 0 spiro atoms. The topological polar surface area (TPSA) is 26.3 Å². The van der Waals surface area contributed by atoms with E-state index in [0.717, 1.165) is 34.6 Å². The van der Waals surface area contributed by atoms with Crippen LogP contribution in [0.4, 0.5) is 0 Å². The summed E-state index contributed by atoms with van der Waals surface area (Å²) in [4.78, 5) is 11.4. The van der Waals surface area contributed by atoms with Crippen molar-refractivity contribution < 1.29 is 9.53 Å². The minimum atomic E-state index is 0.717. The summed E-state index contributed by atoms with van der Waals surface area (Å²) < 4.78 is 9.09. The van der Waals surface area contributed by atoms with Crippen LogP contribution in [-0.2, 0) is 0 Å². The maximum atomic E-state index is 10.7. The molecule has 0 aromatic carbocycles. The maximum absolute atomic E-state index is 10.7. The van der Waals surface area contributed by atoms with Crippen LogP contribution in [-0.4, -0.2) is 13.4 Å². The van der Waals surface area contributed by atoms with Gasteiger partial charge < -0.3 is 4.74 Å². The fraction of sp³-hybridized carbons (Fsp3) is 0.125. The minimum absolute atomic E-state index is 0.717. The van der Waals surface area contributed by atoms with E-state index in [2.05, 4.69) is 31.9 Å². The van der Waals surface area contributed by atoms with Gasteiger partial charge in [0.25, 0.3) is 0 Å². The summed E-state index contributed by atoms with van der Waals surface area (Å²) >= 11 is 9.83. The average molecular weight is 356 g/mol. The first-order valence-electron chi connectivity index (χ1n) is 3.58. The zero-order chi connectivity index (χ0) is 10.3. The second-order valence-corrected chi connectivity index (χ2v) is 6.09. The first kappa shape index (κ1) is 10.6. The molecule has 0 bridgehead atoms. The van der Waals surface area contributed by atoms with Crippen molar-refractivity contribution in [3.63, 3.8) is 0 Å². The summed E-state index contributed by atoms with van der Waals surface area (Å²) in [6.07, 6.45) is 0.861. The number of thiophene rings is 2. The van der Waals surface area contributed by atoms with Crippen LogP contribution in [0.25, 0.3) is 9.40 Å². The van der Waals surface area contributed by atoms with Crippen LogP contribution in [0.1, 0.15) is 9.67 Å². The largest absolute Gasteiger partial charge is 0.486 e. The number of hydrogen-bond acceptors (Lipinski definition) is 4. The van der Waals surface area contributed by atoms with E-state index in [1.54, 1.807) is 7.11 Å². The van der Waals surface area contributed by atoms with Gasteiger partial charge >= 0.3 is 0 Å². The van der Waals surface area contributed by atoms with Crippen molar-refractivity contribution in [2.75, 3.05) is 7.11 Å². The lowest BCUT2D eigenvalue weighted by molar-refractivity contribution is 0.112. The molecule has 0 aliphatic heterocycles. The van der Waals surface area contributed by atoms with Crippen molar-refractivity contribution in [1.29, 1.82) is 0 Å². The average Bonchev–Trinajstić information content (AvgIpc) is 2.66. The second-order valence-electron chi connectivity index (χ2n) is 2.46. The van der Waals surface area contributed by atoms with Crippen LogP contribution in [0.15, 0.2) is 8.95 Å². The van der Waals surface area contributed by atoms with Gasteiger partial charge in [-0.15, -0.1) is 11.3 Å². The monoisotopic (exact) mass is 354 g/mol. The first-order valence-corrected chi connectivity index (χ1v) is 6.80. The molecule has 0 amide bonds. The molecule has 2 rings (SSSR count). The number of hydrogen-bond donors (Lipinski definition) is 0. The molecule has 0 unspecified atom stereocenters. The van der Waals surface area contributed by atoms with Crippen LogP contribution in [0, 0.1) is 0 Å². The standard InChI is InChI=1S/C8H4Br2O2S2/c1-12-8-5(10)7-6(14-8)4(9)3(2-11)13-7/h2H,1H3. The highest BCUT2D eigenvalue weighted by atomic mass is 79.9. The fourth-order valence-electron chi connectivity index (χ4n) is 1.09. The zero-order valence-corrected chi connectivity index (χ0v) is 11.8. The summed E-state index contributed by atoms with van der Waals surface area (Å²) in [5.41, 5.74) is 0. The summed E-state index contributed by atoms with van der Waals surface area (Å²) in [5.74, 6) is 0. The van der Waals surface area contributed by atoms with Crippen molar-refractivity contribution in [1.82, 2.24) is 0 Å². The van der Waals surface area contributed by atoms with Crippen molar-refractivity contribution in [3.05, 3.63) is 13.8 Å². The predicted molar refractivity (Wildman–Crippen MR) is 67.0 cm³/mol. The Morgan fingerprint density at radius 1 is 1.21 bits per heavy atom. The molecular formula is C8H4Br2O2S2. The third-order valence-corrected chi connectivity index (χ3v) is 6.76. The van der Waals surface area contributed by atoms with Gasteiger partial charge in [-0.05, 0) is 31.9 Å². The maximum Gasteiger partial charge on any atom is 0.190 e. The lowest BCUT2D eigenvalue weighted by atomic mass is 10.4. The van der Waals surface area contributed by atoms with Gasteiger partial charge in [0, 0.05) is 0 Å². The lowest BCUT2D eigenvalue weighted by Gasteiger charge is -1.92. The van der Waals surface area contributed by atoms with E-state index in [1.807, 2.05) is 0 Å². The molecule has 0 aliphatic carbocycles. The van der Waals surface area contributed by atoms with Gasteiger partial charge in [-0.3, -0.25) is 4.79 Å². The molecule has 0 atom stereocenters.